The first-order valence-corrected chi connectivity index (χ1v) is 12.0. The van der Waals surface area contributed by atoms with E-state index in [0.717, 1.165) is 0 Å². The van der Waals surface area contributed by atoms with Crippen molar-refractivity contribution in [3.05, 3.63) is 63.0 Å². The largest absolute Gasteiger partial charge is 0.510 e. The van der Waals surface area contributed by atoms with Crippen molar-refractivity contribution in [2.45, 2.75) is 56.1 Å². The Bertz CT molecular complexity index is 1270. The third-order valence-corrected chi connectivity index (χ3v) is 8.93. The first-order chi connectivity index (χ1) is 16.2. The number of fused-ring (bicyclic) bond motifs is 4. The number of hydrogen-bond donors (Lipinski definition) is 5. The number of likely N-dealkylation sites (N-methyl/N-ethyl adjacent to an activating group) is 1. The number of ether oxygens (including phenoxy) is 1. The molecule has 7 atom stereocenters. The molecule has 6 unspecified atom stereocenters. The first kappa shape index (κ1) is 24.3. The van der Waals surface area contributed by atoms with Crippen LogP contribution in [0.25, 0.3) is 5.76 Å². The molecule has 0 bridgehead atoms. The third kappa shape index (κ3) is 2.64. The third-order valence-electron chi connectivity index (χ3n) is 8.62. The summed E-state index contributed by atoms with van der Waals surface area (Å²) in [5.41, 5.74) is 1.90. The minimum absolute atomic E-state index is 0.0117. The second kappa shape index (κ2) is 7.11. The average molecular weight is 503 g/mol. The summed E-state index contributed by atoms with van der Waals surface area (Å²) in [4.78, 5) is 16.1. The molecule has 5 rings (SSSR count). The van der Waals surface area contributed by atoms with Crippen molar-refractivity contribution >= 4 is 23.1 Å². The van der Waals surface area contributed by atoms with E-state index in [1.165, 1.54) is 0 Å². The van der Waals surface area contributed by atoms with Crippen LogP contribution in [-0.4, -0.2) is 68.6 Å². The molecule has 6 N–H and O–H groups in total. The smallest absolute Gasteiger partial charge is 0.198 e. The average Bonchev–Trinajstić information content (AvgIpc) is 3.41. The zero-order valence-corrected chi connectivity index (χ0v) is 21.1. The lowest BCUT2D eigenvalue weighted by Crippen LogP contribution is -2.71. The zero-order chi connectivity index (χ0) is 26.0. The van der Waals surface area contributed by atoms with Gasteiger partial charge >= 0.3 is 0 Å². The molecule has 188 valence electrons. The van der Waals surface area contributed by atoms with Gasteiger partial charge in [-0.2, -0.15) is 0 Å². The van der Waals surface area contributed by atoms with Crippen LogP contribution >= 0.6 is 11.6 Å². The van der Waals surface area contributed by atoms with Gasteiger partial charge in [0.1, 0.15) is 11.5 Å². The fourth-order valence-corrected chi connectivity index (χ4v) is 7.43. The van der Waals surface area contributed by atoms with Gasteiger partial charge in [-0.1, -0.05) is 24.2 Å². The number of halogens is 1. The standard InChI is InChI=1S/C26H31ClN2O6/c1-10-7-8-15(27)19-16(10)21(30)17-13(24(19,4)33)9-14-20(29(5)6)22(31)18(11(2)28)26(12(3)35-26)25(14,34)23(17)32/h7-8,12-14,20,30-31,33-34H,2,9,28H2,1,3-6H3/t12?,13?,14?,20?,24?,25?,26-/m1/s1. The van der Waals surface area contributed by atoms with Crippen LogP contribution in [0, 0.1) is 18.8 Å². The van der Waals surface area contributed by atoms with Crippen molar-refractivity contribution in [1.82, 2.24) is 4.90 Å². The topological polar surface area (TPSA) is 140 Å². The van der Waals surface area contributed by atoms with Crippen molar-refractivity contribution in [2.24, 2.45) is 17.6 Å². The van der Waals surface area contributed by atoms with Crippen LogP contribution in [0.1, 0.15) is 37.0 Å². The lowest BCUT2D eigenvalue weighted by molar-refractivity contribution is -0.168. The van der Waals surface area contributed by atoms with E-state index in [2.05, 4.69) is 6.58 Å². The highest BCUT2D eigenvalue weighted by molar-refractivity contribution is 6.32. The van der Waals surface area contributed by atoms with Crippen molar-refractivity contribution in [3.8, 4) is 0 Å². The predicted molar refractivity (Wildman–Crippen MR) is 131 cm³/mol. The van der Waals surface area contributed by atoms with Gasteiger partial charge in [-0.3, -0.25) is 9.69 Å². The van der Waals surface area contributed by atoms with E-state index >= 15 is 0 Å². The van der Waals surface area contributed by atoms with E-state index in [4.69, 9.17) is 22.1 Å². The van der Waals surface area contributed by atoms with Crippen LogP contribution in [0.4, 0.5) is 0 Å². The number of ketones is 1. The maximum absolute atomic E-state index is 14.4. The number of nitrogens with zero attached hydrogens (tertiary/aromatic N) is 1. The van der Waals surface area contributed by atoms with Gasteiger partial charge in [0, 0.05) is 39.3 Å². The summed E-state index contributed by atoms with van der Waals surface area (Å²) in [6, 6.07) is 2.53. The fourth-order valence-electron chi connectivity index (χ4n) is 7.08. The zero-order valence-electron chi connectivity index (χ0n) is 20.4. The maximum atomic E-state index is 14.4. The molecule has 0 radical (unpaired) electrons. The number of Topliss-reactive ketones (excluding diaryl/α,β-unsaturated/α-hetero) is 1. The minimum atomic E-state index is -2.18. The Morgan fingerprint density at radius 3 is 2.40 bits per heavy atom. The van der Waals surface area contributed by atoms with Gasteiger partial charge in [-0.05, 0) is 52.9 Å². The Labute approximate surface area is 208 Å². The molecular weight excluding hydrogens is 472 g/mol. The molecule has 0 aromatic heterocycles. The van der Waals surface area contributed by atoms with Crippen LogP contribution in [0.5, 0.6) is 0 Å². The molecule has 35 heavy (non-hydrogen) atoms. The Morgan fingerprint density at radius 1 is 1.29 bits per heavy atom. The monoisotopic (exact) mass is 502 g/mol. The van der Waals surface area contributed by atoms with Crippen molar-refractivity contribution in [2.75, 3.05) is 14.1 Å². The van der Waals surface area contributed by atoms with E-state index in [9.17, 15) is 25.2 Å². The lowest BCUT2D eigenvalue weighted by atomic mass is 9.51. The van der Waals surface area contributed by atoms with E-state index in [1.807, 2.05) is 0 Å². The lowest BCUT2D eigenvalue weighted by Gasteiger charge is -2.56. The summed E-state index contributed by atoms with van der Waals surface area (Å²) in [6.07, 6.45) is -0.584. The number of aliphatic hydroxyl groups is 4. The molecule has 1 saturated carbocycles. The van der Waals surface area contributed by atoms with Crippen LogP contribution in [0.2, 0.25) is 5.02 Å². The van der Waals surface area contributed by atoms with Gasteiger partial charge in [0.15, 0.2) is 17.0 Å². The molecule has 1 saturated heterocycles. The Kier molecular flexibility index (Phi) is 4.94. The van der Waals surface area contributed by atoms with Gasteiger partial charge in [0.2, 0.25) is 0 Å². The minimum Gasteiger partial charge on any atom is -0.510 e. The fraction of sp³-hybridized carbons (Fsp3) is 0.500. The summed E-state index contributed by atoms with van der Waals surface area (Å²) in [5.74, 6) is -2.99. The highest BCUT2D eigenvalue weighted by Crippen LogP contribution is 2.66. The molecule has 4 aliphatic rings. The quantitative estimate of drug-likeness (QED) is 0.388. The van der Waals surface area contributed by atoms with Gasteiger partial charge in [-0.15, -0.1) is 0 Å². The molecule has 2 fully saturated rings. The van der Waals surface area contributed by atoms with E-state index < -0.39 is 46.6 Å². The molecule has 1 aliphatic heterocycles. The number of benzene rings is 1. The SMILES string of the molecule is C=C(N)C1=C(O)C(N(C)C)C2CC3C(=C(O)c4c(C)ccc(Cl)c4C3(C)O)C(=O)C2(O)[C@]12OC2C. The van der Waals surface area contributed by atoms with Crippen LogP contribution in [0.15, 0.2) is 41.3 Å². The van der Waals surface area contributed by atoms with Crippen molar-refractivity contribution in [1.29, 1.82) is 0 Å². The Hall–Kier alpha value is -2.36. The second-order valence-electron chi connectivity index (χ2n) is 10.7. The Morgan fingerprint density at radius 2 is 1.89 bits per heavy atom. The van der Waals surface area contributed by atoms with E-state index in [-0.39, 0.29) is 45.4 Å². The van der Waals surface area contributed by atoms with E-state index in [1.54, 1.807) is 51.9 Å². The summed E-state index contributed by atoms with van der Waals surface area (Å²) in [7, 11) is 3.43. The number of aryl methyl sites for hydroxylation is 1. The summed E-state index contributed by atoms with van der Waals surface area (Å²) in [6.45, 7) is 8.78. The molecule has 3 aliphatic carbocycles. The molecule has 8 nitrogen and oxygen atoms in total. The number of epoxide rings is 1. The number of carbonyl (C=O) groups excluding carboxylic acids is 1. The van der Waals surface area contributed by atoms with Gasteiger partial charge < -0.3 is 30.9 Å². The number of nitrogens with two attached hydrogens (primary N) is 1. The van der Waals surface area contributed by atoms with Crippen molar-refractivity contribution < 1.29 is 30.0 Å². The second-order valence-corrected chi connectivity index (χ2v) is 11.1. The van der Waals surface area contributed by atoms with Crippen LogP contribution in [-0.2, 0) is 15.1 Å². The van der Waals surface area contributed by atoms with Crippen LogP contribution in [0.3, 0.4) is 0 Å². The molecule has 1 spiro atoms. The first-order valence-electron chi connectivity index (χ1n) is 11.6. The van der Waals surface area contributed by atoms with Gasteiger partial charge in [0.05, 0.1) is 23.3 Å². The molecule has 1 heterocycles. The maximum Gasteiger partial charge on any atom is 0.198 e. The summed E-state index contributed by atoms with van der Waals surface area (Å²) < 4.78 is 5.90. The highest BCUT2D eigenvalue weighted by atomic mass is 35.5. The molecule has 1 aromatic rings. The number of carbonyl (C=O) groups is 1. The van der Waals surface area contributed by atoms with E-state index in [0.29, 0.717) is 11.1 Å². The summed E-state index contributed by atoms with van der Waals surface area (Å²) >= 11 is 6.50. The molecular formula is C26H31ClN2O6. The highest BCUT2D eigenvalue weighted by Gasteiger charge is 2.80. The normalized spacial score (nSPS) is 40.1. The predicted octanol–water partition coefficient (Wildman–Crippen LogP) is 2.46. The van der Waals surface area contributed by atoms with Gasteiger partial charge in [0.25, 0.3) is 0 Å². The Balaban J connectivity index is 1.84. The number of hydrogen-bond acceptors (Lipinski definition) is 8. The summed E-state index contributed by atoms with van der Waals surface area (Å²) in [5, 5.41) is 47.3. The molecule has 0 amide bonds. The molecule has 9 heteroatoms. The number of rotatable bonds is 2. The van der Waals surface area contributed by atoms with Gasteiger partial charge in [-0.25, -0.2) is 0 Å². The number of aliphatic hydroxyl groups excluding tert-OH is 2. The molecule has 1 aromatic carbocycles. The van der Waals surface area contributed by atoms with Crippen molar-refractivity contribution in [3.63, 3.8) is 0 Å². The van der Waals surface area contributed by atoms with Crippen LogP contribution < -0.4 is 5.73 Å².